The second kappa shape index (κ2) is 7.46. The molecule has 0 N–H and O–H groups in total. The minimum Gasteiger partial charge on any atom is -0.443 e. The molecule has 0 spiro atoms. The van der Waals surface area contributed by atoms with Gasteiger partial charge in [-0.15, -0.1) is 0 Å². The van der Waals surface area contributed by atoms with Crippen LogP contribution in [0.5, 0.6) is 0 Å². The zero-order valence-electron chi connectivity index (χ0n) is 14.9. The van der Waals surface area contributed by atoms with Crippen molar-refractivity contribution in [2.24, 2.45) is 0 Å². The standard InChI is InChI=1S/C20H20BrFINO2/c1-20(2,3)26-19(25)24-17(12-5-4-6-14(22)9-12)8-7-13-10-15(23)11-16(21)18(13)24/h4-6,9-11,17H,7-8H2,1-3H3. The number of ether oxygens (including phenoxy) is 1. The van der Waals surface area contributed by atoms with Crippen LogP contribution in [0.25, 0.3) is 0 Å². The molecular formula is C20H20BrFINO2. The van der Waals surface area contributed by atoms with Gasteiger partial charge < -0.3 is 4.74 Å². The van der Waals surface area contributed by atoms with Gasteiger partial charge in [0.15, 0.2) is 0 Å². The number of hydrogen-bond donors (Lipinski definition) is 0. The first-order chi connectivity index (χ1) is 12.2. The lowest BCUT2D eigenvalue weighted by atomic mass is 9.91. The number of aryl methyl sites for hydroxylation is 1. The summed E-state index contributed by atoms with van der Waals surface area (Å²) in [6.45, 7) is 5.53. The summed E-state index contributed by atoms with van der Waals surface area (Å²) in [5, 5.41) is 0. The summed E-state index contributed by atoms with van der Waals surface area (Å²) in [5.74, 6) is -0.306. The quantitative estimate of drug-likeness (QED) is 0.387. The van der Waals surface area contributed by atoms with E-state index in [9.17, 15) is 9.18 Å². The predicted molar refractivity (Wildman–Crippen MR) is 113 cm³/mol. The van der Waals surface area contributed by atoms with Crippen LogP contribution in [0.1, 0.15) is 44.4 Å². The number of nitrogens with zero attached hydrogens (tertiary/aromatic N) is 1. The third-order valence-corrected chi connectivity index (χ3v) is 5.40. The molecule has 2 aromatic carbocycles. The summed E-state index contributed by atoms with van der Waals surface area (Å²) in [5.41, 5.74) is 2.05. The van der Waals surface area contributed by atoms with E-state index in [0.717, 1.165) is 31.3 Å². The summed E-state index contributed by atoms with van der Waals surface area (Å²) < 4.78 is 21.4. The van der Waals surface area contributed by atoms with E-state index in [1.165, 1.54) is 12.1 Å². The summed E-state index contributed by atoms with van der Waals surface area (Å²) in [6.07, 6.45) is 1.10. The van der Waals surface area contributed by atoms with E-state index >= 15 is 0 Å². The zero-order chi connectivity index (χ0) is 19.1. The highest BCUT2D eigenvalue weighted by Gasteiger charge is 2.36. The van der Waals surface area contributed by atoms with Gasteiger partial charge in [0, 0.05) is 8.04 Å². The highest BCUT2D eigenvalue weighted by atomic mass is 127. The van der Waals surface area contributed by atoms with Crippen LogP contribution >= 0.6 is 38.5 Å². The van der Waals surface area contributed by atoms with Crippen LogP contribution in [-0.4, -0.2) is 11.7 Å². The van der Waals surface area contributed by atoms with Crippen molar-refractivity contribution >= 4 is 50.3 Å². The molecule has 0 saturated heterocycles. The molecule has 2 aromatic rings. The SMILES string of the molecule is CC(C)(C)OC(=O)N1c2c(Br)cc(I)cc2CCC1c1cccc(F)c1. The van der Waals surface area contributed by atoms with Crippen LogP contribution in [0, 0.1) is 9.39 Å². The lowest BCUT2D eigenvalue weighted by molar-refractivity contribution is 0.0559. The van der Waals surface area contributed by atoms with Gasteiger partial charge in [-0.2, -0.15) is 0 Å². The van der Waals surface area contributed by atoms with Crippen LogP contribution < -0.4 is 4.90 Å². The van der Waals surface area contributed by atoms with Crippen molar-refractivity contribution in [1.29, 1.82) is 0 Å². The van der Waals surface area contributed by atoms with E-state index in [1.807, 2.05) is 32.9 Å². The molecule has 0 saturated carbocycles. The molecule has 1 unspecified atom stereocenters. The first kappa shape index (κ1) is 19.6. The van der Waals surface area contributed by atoms with Gasteiger partial charge in [0.1, 0.15) is 11.4 Å². The molecule has 1 aliphatic rings. The molecule has 138 valence electrons. The topological polar surface area (TPSA) is 29.5 Å². The van der Waals surface area contributed by atoms with Crippen molar-refractivity contribution in [3.63, 3.8) is 0 Å². The van der Waals surface area contributed by atoms with Gasteiger partial charge in [0.05, 0.1) is 11.7 Å². The van der Waals surface area contributed by atoms with Crippen LogP contribution in [0.2, 0.25) is 0 Å². The molecule has 0 bridgehead atoms. The van der Waals surface area contributed by atoms with E-state index in [2.05, 4.69) is 44.6 Å². The van der Waals surface area contributed by atoms with Crippen molar-refractivity contribution in [3.8, 4) is 0 Å². The van der Waals surface area contributed by atoms with Gasteiger partial charge in [-0.3, -0.25) is 4.90 Å². The second-order valence-electron chi connectivity index (χ2n) is 7.36. The normalized spacial score (nSPS) is 17.0. The fraction of sp³-hybridized carbons (Fsp3) is 0.350. The molecule has 1 heterocycles. The fourth-order valence-electron chi connectivity index (χ4n) is 3.22. The Bertz CT molecular complexity index is 850. The first-order valence-electron chi connectivity index (χ1n) is 8.41. The van der Waals surface area contributed by atoms with Gasteiger partial charge in [-0.1, -0.05) is 12.1 Å². The molecule has 0 radical (unpaired) electrons. The monoisotopic (exact) mass is 531 g/mol. The van der Waals surface area contributed by atoms with Gasteiger partial charge in [0.25, 0.3) is 0 Å². The number of benzene rings is 2. The Hall–Kier alpha value is -1.15. The van der Waals surface area contributed by atoms with E-state index in [4.69, 9.17) is 4.74 Å². The molecular weight excluding hydrogens is 512 g/mol. The van der Waals surface area contributed by atoms with E-state index in [-0.39, 0.29) is 11.9 Å². The third kappa shape index (κ3) is 4.22. The van der Waals surface area contributed by atoms with Crippen molar-refractivity contribution < 1.29 is 13.9 Å². The number of anilines is 1. The second-order valence-corrected chi connectivity index (χ2v) is 9.46. The Balaban J connectivity index is 2.11. The van der Waals surface area contributed by atoms with E-state index in [0.29, 0.717) is 6.42 Å². The number of halogens is 3. The number of amides is 1. The van der Waals surface area contributed by atoms with Crippen LogP contribution in [0.3, 0.4) is 0 Å². The van der Waals surface area contributed by atoms with Crippen LogP contribution in [-0.2, 0) is 11.2 Å². The molecule has 0 aromatic heterocycles. The smallest absolute Gasteiger partial charge is 0.415 e. The molecule has 1 amide bonds. The Kier molecular flexibility index (Phi) is 5.63. The average molecular weight is 532 g/mol. The molecule has 26 heavy (non-hydrogen) atoms. The Morgan fingerprint density at radius 2 is 2.04 bits per heavy atom. The molecule has 3 rings (SSSR count). The maximum atomic E-state index is 13.8. The maximum Gasteiger partial charge on any atom is 0.415 e. The number of hydrogen-bond acceptors (Lipinski definition) is 2. The summed E-state index contributed by atoms with van der Waals surface area (Å²) in [7, 11) is 0. The van der Waals surface area contributed by atoms with Crippen molar-refractivity contribution in [3.05, 3.63) is 61.4 Å². The third-order valence-electron chi connectivity index (χ3n) is 4.17. The summed E-state index contributed by atoms with van der Waals surface area (Å²) in [4.78, 5) is 14.7. The Morgan fingerprint density at radius 1 is 1.31 bits per heavy atom. The maximum absolute atomic E-state index is 13.8. The van der Waals surface area contributed by atoms with Crippen molar-refractivity contribution in [1.82, 2.24) is 0 Å². The largest absolute Gasteiger partial charge is 0.443 e. The van der Waals surface area contributed by atoms with Gasteiger partial charge in [0.2, 0.25) is 0 Å². The highest BCUT2D eigenvalue weighted by Crippen LogP contribution is 2.44. The van der Waals surface area contributed by atoms with Crippen molar-refractivity contribution in [2.45, 2.75) is 45.3 Å². The van der Waals surface area contributed by atoms with Crippen LogP contribution in [0.15, 0.2) is 40.9 Å². The Labute approximate surface area is 175 Å². The number of carbonyl (C=O) groups is 1. The van der Waals surface area contributed by atoms with Crippen LogP contribution in [0.4, 0.5) is 14.9 Å². The Morgan fingerprint density at radius 3 is 2.69 bits per heavy atom. The molecule has 1 atom stereocenters. The molecule has 1 aliphatic heterocycles. The molecule has 0 aliphatic carbocycles. The minimum atomic E-state index is -0.614. The van der Waals surface area contributed by atoms with E-state index in [1.54, 1.807) is 11.0 Å². The highest BCUT2D eigenvalue weighted by molar-refractivity contribution is 14.1. The van der Waals surface area contributed by atoms with Gasteiger partial charge >= 0.3 is 6.09 Å². The molecule has 0 fully saturated rings. The molecule has 6 heteroatoms. The number of rotatable bonds is 1. The van der Waals surface area contributed by atoms with Gasteiger partial charge in [-0.05, 0) is 108 Å². The zero-order valence-corrected chi connectivity index (χ0v) is 18.6. The predicted octanol–water partition coefficient (Wildman–Crippen LogP) is 6.62. The lowest BCUT2D eigenvalue weighted by Gasteiger charge is -2.39. The summed E-state index contributed by atoms with van der Waals surface area (Å²) >= 11 is 5.87. The fourth-order valence-corrected chi connectivity index (χ4v) is 5.02. The number of fused-ring (bicyclic) bond motifs is 1. The number of carbonyl (C=O) groups excluding carboxylic acids is 1. The van der Waals surface area contributed by atoms with E-state index < -0.39 is 11.7 Å². The minimum absolute atomic E-state index is 0.274. The average Bonchev–Trinajstić information content (AvgIpc) is 2.52. The lowest BCUT2D eigenvalue weighted by Crippen LogP contribution is -2.42. The molecule has 3 nitrogen and oxygen atoms in total. The van der Waals surface area contributed by atoms with Crippen molar-refractivity contribution in [2.75, 3.05) is 4.90 Å². The first-order valence-corrected chi connectivity index (χ1v) is 10.3. The summed E-state index contributed by atoms with van der Waals surface area (Å²) in [6, 6.07) is 10.2. The van der Waals surface area contributed by atoms with Gasteiger partial charge in [-0.25, -0.2) is 9.18 Å².